The first-order valence-electron chi connectivity index (χ1n) is 6.98. The molecule has 0 aliphatic heterocycles. The van der Waals surface area contributed by atoms with Gasteiger partial charge in [0.1, 0.15) is 0 Å². The highest BCUT2D eigenvalue weighted by Crippen LogP contribution is 2.35. The van der Waals surface area contributed by atoms with Crippen molar-refractivity contribution in [2.24, 2.45) is 11.1 Å². The zero-order chi connectivity index (χ0) is 16.1. The van der Waals surface area contributed by atoms with Crippen LogP contribution in [-0.2, 0) is 6.42 Å². The van der Waals surface area contributed by atoms with Crippen molar-refractivity contribution in [1.29, 1.82) is 0 Å². The third kappa shape index (κ3) is 2.47. The summed E-state index contributed by atoms with van der Waals surface area (Å²) in [4.78, 5) is 23.5. The zero-order valence-electron chi connectivity index (χ0n) is 12.4. The molecule has 0 atom stereocenters. The second-order valence-corrected chi connectivity index (χ2v) is 7.24. The molecule has 3 rings (SSSR count). The quantitative estimate of drug-likeness (QED) is 0.892. The number of amides is 1. The Kier molecular flexibility index (Phi) is 3.44. The van der Waals surface area contributed by atoms with Gasteiger partial charge in [-0.3, -0.25) is 9.59 Å². The highest BCUT2D eigenvalue weighted by molar-refractivity contribution is 9.10. The lowest BCUT2D eigenvalue weighted by molar-refractivity contribution is 0.0910. The zero-order valence-corrected chi connectivity index (χ0v) is 14.0. The van der Waals surface area contributed by atoms with Gasteiger partial charge in [0.15, 0.2) is 5.78 Å². The van der Waals surface area contributed by atoms with Gasteiger partial charge in [-0.25, -0.2) is 4.68 Å². The second-order valence-electron chi connectivity index (χ2n) is 6.39. The van der Waals surface area contributed by atoms with E-state index in [0.29, 0.717) is 22.0 Å². The summed E-state index contributed by atoms with van der Waals surface area (Å²) in [6.45, 7) is 4.16. The average molecular weight is 362 g/mol. The molecule has 2 N–H and O–H groups in total. The molecule has 1 amide bonds. The molecule has 1 aliphatic carbocycles. The Labute approximate surface area is 136 Å². The summed E-state index contributed by atoms with van der Waals surface area (Å²) >= 11 is 3.35. The minimum absolute atomic E-state index is 0.0771. The number of primary amides is 1. The number of hydrogen-bond acceptors (Lipinski definition) is 3. The van der Waals surface area contributed by atoms with Gasteiger partial charge in [-0.05, 0) is 46.0 Å². The van der Waals surface area contributed by atoms with E-state index >= 15 is 0 Å². The molecule has 0 saturated carbocycles. The first kappa shape index (κ1) is 15.0. The molecule has 0 spiro atoms. The van der Waals surface area contributed by atoms with E-state index in [1.807, 2.05) is 0 Å². The van der Waals surface area contributed by atoms with Crippen LogP contribution in [0, 0.1) is 5.41 Å². The molecule has 2 aromatic rings. The van der Waals surface area contributed by atoms with Crippen LogP contribution in [0.1, 0.15) is 46.7 Å². The molecule has 0 radical (unpaired) electrons. The number of nitrogens with two attached hydrogens (primary N) is 1. The Morgan fingerprint density at radius 1 is 1.36 bits per heavy atom. The predicted octanol–water partition coefficient (Wildman–Crippen LogP) is 2.89. The molecule has 1 heterocycles. The minimum Gasteiger partial charge on any atom is -0.366 e. The molecule has 1 aliphatic rings. The molecular formula is C16H16BrN3O2. The fourth-order valence-corrected chi connectivity index (χ4v) is 3.44. The first-order chi connectivity index (χ1) is 10.3. The van der Waals surface area contributed by atoms with E-state index in [4.69, 9.17) is 5.73 Å². The van der Waals surface area contributed by atoms with Crippen LogP contribution in [0.15, 0.2) is 28.9 Å². The topological polar surface area (TPSA) is 78.0 Å². The maximum Gasteiger partial charge on any atom is 0.249 e. The van der Waals surface area contributed by atoms with E-state index in [2.05, 4.69) is 34.9 Å². The van der Waals surface area contributed by atoms with Crippen molar-refractivity contribution < 1.29 is 9.59 Å². The number of Topliss-reactive ketones (excluding diaryl/α,β-unsaturated/α-hetero) is 1. The monoisotopic (exact) mass is 361 g/mol. The largest absolute Gasteiger partial charge is 0.366 e. The standard InChI is InChI=1S/C16H16BrN3O2/c1-16(2)6-13-11(14(21)7-16)8-19-20(13)9-3-4-10(15(18)22)12(17)5-9/h3-5,8H,6-7H2,1-2H3,(H2,18,22). The molecule has 0 unspecified atom stereocenters. The van der Waals surface area contributed by atoms with Gasteiger partial charge in [0.25, 0.3) is 0 Å². The molecule has 6 heteroatoms. The van der Waals surface area contributed by atoms with Gasteiger partial charge >= 0.3 is 0 Å². The van der Waals surface area contributed by atoms with Crippen molar-refractivity contribution in [3.8, 4) is 5.69 Å². The molecule has 1 aromatic heterocycles. The van der Waals surface area contributed by atoms with E-state index in [1.165, 1.54) is 0 Å². The Morgan fingerprint density at radius 2 is 2.09 bits per heavy atom. The van der Waals surface area contributed by atoms with E-state index in [9.17, 15) is 9.59 Å². The van der Waals surface area contributed by atoms with Gasteiger partial charge < -0.3 is 5.73 Å². The number of aromatic nitrogens is 2. The molecule has 5 nitrogen and oxygen atoms in total. The molecule has 0 fully saturated rings. The summed E-state index contributed by atoms with van der Waals surface area (Å²) in [7, 11) is 0. The van der Waals surface area contributed by atoms with Crippen molar-refractivity contribution in [1.82, 2.24) is 9.78 Å². The number of hydrogen-bond donors (Lipinski definition) is 1. The summed E-state index contributed by atoms with van der Waals surface area (Å²) in [5, 5.41) is 4.36. The fraction of sp³-hybridized carbons (Fsp3) is 0.312. The van der Waals surface area contributed by atoms with Crippen molar-refractivity contribution in [2.75, 3.05) is 0 Å². The number of carbonyl (C=O) groups excluding carboxylic acids is 2. The van der Waals surface area contributed by atoms with Crippen LogP contribution in [0.2, 0.25) is 0 Å². The second kappa shape index (κ2) is 5.05. The third-order valence-corrected chi connectivity index (χ3v) is 4.57. The maximum absolute atomic E-state index is 12.2. The SMILES string of the molecule is CC1(C)CC(=O)c2cnn(-c3ccc(C(N)=O)c(Br)c3)c2C1. The first-order valence-corrected chi connectivity index (χ1v) is 7.78. The lowest BCUT2D eigenvalue weighted by Crippen LogP contribution is -2.27. The molecule has 114 valence electrons. The predicted molar refractivity (Wildman–Crippen MR) is 86.2 cm³/mol. The highest BCUT2D eigenvalue weighted by Gasteiger charge is 2.34. The van der Waals surface area contributed by atoms with Gasteiger partial charge in [0.05, 0.1) is 28.7 Å². The summed E-state index contributed by atoms with van der Waals surface area (Å²) in [5.74, 6) is -0.359. The van der Waals surface area contributed by atoms with Crippen LogP contribution in [0.25, 0.3) is 5.69 Å². The molecule has 1 aromatic carbocycles. The Morgan fingerprint density at radius 3 is 2.73 bits per heavy atom. The number of nitrogens with zero attached hydrogens (tertiary/aromatic N) is 2. The van der Waals surface area contributed by atoms with E-state index in [0.717, 1.165) is 17.8 Å². The lowest BCUT2D eigenvalue weighted by Gasteiger charge is -2.28. The van der Waals surface area contributed by atoms with Crippen LogP contribution < -0.4 is 5.73 Å². The van der Waals surface area contributed by atoms with Crippen molar-refractivity contribution in [3.05, 3.63) is 45.7 Å². The number of halogens is 1. The van der Waals surface area contributed by atoms with Crippen LogP contribution >= 0.6 is 15.9 Å². The van der Waals surface area contributed by atoms with E-state index in [-0.39, 0.29) is 11.2 Å². The summed E-state index contributed by atoms with van der Waals surface area (Å²) in [5.41, 5.74) is 8.05. The van der Waals surface area contributed by atoms with E-state index in [1.54, 1.807) is 29.1 Å². The van der Waals surface area contributed by atoms with Crippen LogP contribution in [0.4, 0.5) is 0 Å². The van der Waals surface area contributed by atoms with Crippen molar-refractivity contribution in [3.63, 3.8) is 0 Å². The van der Waals surface area contributed by atoms with Gasteiger partial charge in [0.2, 0.25) is 5.91 Å². The smallest absolute Gasteiger partial charge is 0.249 e. The highest BCUT2D eigenvalue weighted by atomic mass is 79.9. The minimum atomic E-state index is -0.489. The number of benzene rings is 1. The van der Waals surface area contributed by atoms with Gasteiger partial charge in [-0.2, -0.15) is 5.10 Å². The third-order valence-electron chi connectivity index (χ3n) is 3.92. The Hall–Kier alpha value is -1.95. The number of ketones is 1. The normalized spacial score (nSPS) is 16.4. The number of rotatable bonds is 2. The van der Waals surface area contributed by atoms with Crippen molar-refractivity contribution in [2.45, 2.75) is 26.7 Å². The summed E-state index contributed by atoms with van der Waals surface area (Å²) in [6, 6.07) is 5.23. The number of fused-ring (bicyclic) bond motifs is 1. The van der Waals surface area contributed by atoms with Crippen LogP contribution in [0.3, 0.4) is 0 Å². The van der Waals surface area contributed by atoms with Gasteiger partial charge in [-0.15, -0.1) is 0 Å². The number of carbonyl (C=O) groups is 2. The van der Waals surface area contributed by atoms with Crippen LogP contribution in [0.5, 0.6) is 0 Å². The molecular weight excluding hydrogens is 346 g/mol. The molecule has 22 heavy (non-hydrogen) atoms. The summed E-state index contributed by atoms with van der Waals surface area (Å²) < 4.78 is 2.38. The molecule has 0 bridgehead atoms. The average Bonchev–Trinajstić information content (AvgIpc) is 2.80. The van der Waals surface area contributed by atoms with E-state index < -0.39 is 5.91 Å². The Bertz CT molecular complexity index is 793. The van der Waals surface area contributed by atoms with Crippen molar-refractivity contribution >= 4 is 27.6 Å². The maximum atomic E-state index is 12.2. The van der Waals surface area contributed by atoms with Gasteiger partial charge in [0, 0.05) is 10.9 Å². The lowest BCUT2D eigenvalue weighted by atomic mass is 9.76. The van der Waals surface area contributed by atoms with Gasteiger partial charge in [-0.1, -0.05) is 13.8 Å². The van der Waals surface area contributed by atoms with Crippen LogP contribution in [-0.4, -0.2) is 21.5 Å². The fourth-order valence-electron chi connectivity index (χ4n) is 2.88. The summed E-state index contributed by atoms with van der Waals surface area (Å²) in [6.07, 6.45) is 2.95. The Balaban J connectivity index is 2.10. The molecule has 0 saturated heterocycles.